The van der Waals surface area contributed by atoms with Gasteiger partial charge in [-0.05, 0) is 31.0 Å². The van der Waals surface area contributed by atoms with Crippen LogP contribution in [0.4, 0.5) is 4.39 Å². The number of rotatable bonds is 3. The van der Waals surface area contributed by atoms with Crippen LogP contribution in [0.25, 0.3) is 0 Å². The van der Waals surface area contributed by atoms with E-state index >= 15 is 0 Å². The molecule has 0 aliphatic carbocycles. The molecule has 0 saturated heterocycles. The van der Waals surface area contributed by atoms with Gasteiger partial charge in [0.05, 0.1) is 6.04 Å². The summed E-state index contributed by atoms with van der Waals surface area (Å²) < 4.78 is 12.5. The Morgan fingerprint density at radius 3 is 2.42 bits per heavy atom. The molecule has 0 unspecified atom stereocenters. The van der Waals surface area contributed by atoms with Gasteiger partial charge in [-0.1, -0.05) is 12.1 Å². The van der Waals surface area contributed by atoms with Crippen LogP contribution >= 0.6 is 0 Å². The SMILES string of the molecule is C[C@@H]([NH3+])CCc1ccc(F)cc1. The molecular weight excluding hydrogens is 153 g/mol. The highest BCUT2D eigenvalue weighted by atomic mass is 19.1. The Hall–Kier alpha value is -0.890. The fourth-order valence-corrected chi connectivity index (χ4v) is 1.06. The monoisotopic (exact) mass is 168 g/mol. The van der Waals surface area contributed by atoms with E-state index < -0.39 is 0 Å². The van der Waals surface area contributed by atoms with E-state index in [0.717, 1.165) is 12.8 Å². The lowest BCUT2D eigenvalue weighted by molar-refractivity contribution is -0.415. The molecule has 0 aromatic heterocycles. The van der Waals surface area contributed by atoms with Crippen molar-refractivity contribution in [1.82, 2.24) is 0 Å². The summed E-state index contributed by atoms with van der Waals surface area (Å²) in [5.74, 6) is -0.165. The van der Waals surface area contributed by atoms with E-state index in [1.54, 1.807) is 0 Å². The summed E-state index contributed by atoms with van der Waals surface area (Å²) in [5, 5.41) is 0. The quantitative estimate of drug-likeness (QED) is 0.706. The Labute approximate surface area is 72.4 Å². The Kier molecular flexibility index (Phi) is 3.23. The van der Waals surface area contributed by atoms with Crippen molar-refractivity contribution < 1.29 is 10.1 Å². The van der Waals surface area contributed by atoms with E-state index in [1.807, 2.05) is 12.1 Å². The summed E-state index contributed by atoms with van der Waals surface area (Å²) in [6, 6.07) is 7.14. The molecule has 0 aliphatic heterocycles. The van der Waals surface area contributed by atoms with Gasteiger partial charge in [0.25, 0.3) is 0 Å². The van der Waals surface area contributed by atoms with E-state index in [9.17, 15) is 4.39 Å². The van der Waals surface area contributed by atoms with E-state index in [4.69, 9.17) is 0 Å². The van der Waals surface area contributed by atoms with Crippen LogP contribution in [-0.4, -0.2) is 6.04 Å². The van der Waals surface area contributed by atoms with E-state index in [2.05, 4.69) is 12.7 Å². The van der Waals surface area contributed by atoms with Crippen LogP contribution in [0.2, 0.25) is 0 Å². The first-order valence-electron chi connectivity index (χ1n) is 4.26. The molecule has 66 valence electrons. The molecule has 0 saturated carbocycles. The summed E-state index contributed by atoms with van der Waals surface area (Å²) in [4.78, 5) is 0. The van der Waals surface area contributed by atoms with Crippen molar-refractivity contribution in [2.45, 2.75) is 25.8 Å². The lowest BCUT2D eigenvalue weighted by atomic mass is 10.1. The van der Waals surface area contributed by atoms with Crippen molar-refractivity contribution in [2.75, 3.05) is 0 Å². The fraction of sp³-hybridized carbons (Fsp3) is 0.400. The highest BCUT2D eigenvalue weighted by Gasteiger charge is 1.98. The lowest BCUT2D eigenvalue weighted by Crippen LogP contribution is -2.59. The average Bonchev–Trinajstić information content (AvgIpc) is 2.03. The Morgan fingerprint density at radius 2 is 1.92 bits per heavy atom. The third-order valence-corrected chi connectivity index (χ3v) is 1.84. The van der Waals surface area contributed by atoms with Crippen molar-refractivity contribution in [3.63, 3.8) is 0 Å². The van der Waals surface area contributed by atoms with Gasteiger partial charge in [-0.2, -0.15) is 0 Å². The van der Waals surface area contributed by atoms with Gasteiger partial charge in [-0.25, -0.2) is 4.39 Å². The smallest absolute Gasteiger partial charge is 0.123 e. The predicted octanol–water partition coefficient (Wildman–Crippen LogP) is 1.39. The maximum atomic E-state index is 12.5. The van der Waals surface area contributed by atoms with Crippen LogP contribution in [-0.2, 0) is 6.42 Å². The third-order valence-electron chi connectivity index (χ3n) is 1.84. The maximum absolute atomic E-state index is 12.5. The zero-order valence-corrected chi connectivity index (χ0v) is 7.39. The lowest BCUT2D eigenvalue weighted by Gasteiger charge is -2.01. The van der Waals surface area contributed by atoms with Gasteiger partial charge in [-0.15, -0.1) is 0 Å². The zero-order chi connectivity index (χ0) is 8.97. The molecule has 1 atom stereocenters. The molecule has 0 bridgehead atoms. The van der Waals surface area contributed by atoms with Gasteiger partial charge in [0.1, 0.15) is 5.82 Å². The zero-order valence-electron chi connectivity index (χ0n) is 7.39. The van der Waals surface area contributed by atoms with Crippen molar-refractivity contribution in [1.29, 1.82) is 0 Å². The molecule has 1 rings (SSSR count). The molecule has 0 aliphatic rings. The van der Waals surface area contributed by atoms with E-state index in [-0.39, 0.29) is 5.82 Å². The summed E-state index contributed by atoms with van der Waals surface area (Å²) in [7, 11) is 0. The summed E-state index contributed by atoms with van der Waals surface area (Å²) in [5.41, 5.74) is 5.08. The van der Waals surface area contributed by atoms with Gasteiger partial charge in [-0.3, -0.25) is 0 Å². The van der Waals surface area contributed by atoms with Gasteiger partial charge in [0.2, 0.25) is 0 Å². The number of aryl methyl sites for hydroxylation is 1. The van der Waals surface area contributed by atoms with Crippen molar-refractivity contribution in [3.05, 3.63) is 35.6 Å². The molecule has 0 radical (unpaired) electrons. The van der Waals surface area contributed by atoms with Gasteiger partial charge < -0.3 is 5.73 Å². The molecule has 0 fully saturated rings. The van der Waals surface area contributed by atoms with Crippen LogP contribution in [0.5, 0.6) is 0 Å². The van der Waals surface area contributed by atoms with Crippen molar-refractivity contribution in [3.8, 4) is 0 Å². The summed E-state index contributed by atoms with van der Waals surface area (Å²) >= 11 is 0. The minimum atomic E-state index is -0.165. The topological polar surface area (TPSA) is 27.6 Å². The molecule has 1 nitrogen and oxygen atoms in total. The van der Waals surface area contributed by atoms with Gasteiger partial charge in [0.15, 0.2) is 0 Å². The number of hydrogen-bond donors (Lipinski definition) is 1. The standard InChI is InChI=1S/C10H14FN/c1-8(12)2-3-9-4-6-10(11)7-5-9/h4-8H,2-3,12H2,1H3/p+1/t8-/m1/s1. The van der Waals surface area contributed by atoms with Gasteiger partial charge in [0, 0.05) is 6.42 Å². The van der Waals surface area contributed by atoms with Gasteiger partial charge >= 0.3 is 0 Å². The molecule has 3 N–H and O–H groups in total. The minimum absolute atomic E-state index is 0.165. The number of halogens is 1. The molecular formula is C10H15FN+. The molecule has 0 amide bonds. The second-order valence-electron chi connectivity index (χ2n) is 3.27. The Morgan fingerprint density at radius 1 is 1.33 bits per heavy atom. The number of benzene rings is 1. The Bertz CT molecular complexity index is 228. The van der Waals surface area contributed by atoms with Crippen molar-refractivity contribution in [2.24, 2.45) is 0 Å². The first-order chi connectivity index (χ1) is 5.68. The molecule has 2 heteroatoms. The largest absolute Gasteiger partial charge is 0.355 e. The van der Waals surface area contributed by atoms with Crippen LogP contribution in [0.3, 0.4) is 0 Å². The highest BCUT2D eigenvalue weighted by Crippen LogP contribution is 2.05. The van der Waals surface area contributed by atoms with Crippen LogP contribution < -0.4 is 5.73 Å². The molecule has 1 aromatic rings. The summed E-state index contributed by atoms with van der Waals surface area (Å²) in [6.45, 7) is 2.09. The van der Waals surface area contributed by atoms with Crippen LogP contribution in [0.15, 0.2) is 24.3 Å². The van der Waals surface area contributed by atoms with Crippen LogP contribution in [0, 0.1) is 5.82 Å². The normalized spacial score (nSPS) is 12.9. The third kappa shape index (κ3) is 3.01. The van der Waals surface area contributed by atoms with Crippen LogP contribution in [0.1, 0.15) is 18.9 Å². The molecule has 1 aromatic carbocycles. The Balaban J connectivity index is 2.48. The molecule has 0 spiro atoms. The van der Waals surface area contributed by atoms with Crippen molar-refractivity contribution >= 4 is 0 Å². The predicted molar refractivity (Wildman–Crippen MR) is 47.1 cm³/mol. The minimum Gasteiger partial charge on any atom is -0.355 e. The number of hydrogen-bond acceptors (Lipinski definition) is 0. The fourth-order valence-electron chi connectivity index (χ4n) is 1.06. The average molecular weight is 168 g/mol. The molecule has 12 heavy (non-hydrogen) atoms. The van der Waals surface area contributed by atoms with E-state index in [1.165, 1.54) is 17.7 Å². The maximum Gasteiger partial charge on any atom is 0.123 e. The van der Waals surface area contributed by atoms with E-state index in [0.29, 0.717) is 6.04 Å². The second kappa shape index (κ2) is 4.21. The second-order valence-corrected chi connectivity index (χ2v) is 3.27. The molecule has 0 heterocycles. The number of quaternary nitrogens is 1. The first-order valence-corrected chi connectivity index (χ1v) is 4.26. The highest BCUT2D eigenvalue weighted by molar-refractivity contribution is 5.15. The summed E-state index contributed by atoms with van der Waals surface area (Å²) in [6.07, 6.45) is 2.05. The first kappa shape index (κ1) is 9.20.